The highest BCUT2D eigenvalue weighted by Crippen LogP contribution is 2.20. The molecule has 1 aromatic rings. The number of carbonyl (C=O) groups is 5. The molecule has 44 heavy (non-hydrogen) atoms. The van der Waals surface area contributed by atoms with Crippen LogP contribution < -0.4 is 16.4 Å². The van der Waals surface area contributed by atoms with Crippen LogP contribution in [0.4, 0.5) is 0 Å². The van der Waals surface area contributed by atoms with Gasteiger partial charge in [-0.15, -0.1) is 5.10 Å². The molecule has 1 heterocycles. The average Bonchev–Trinajstić information content (AvgIpc) is 3.36. The molecule has 0 fully saturated rings. The second kappa shape index (κ2) is 19.1. The van der Waals surface area contributed by atoms with Gasteiger partial charge in [-0.05, 0) is 57.3 Å². The van der Waals surface area contributed by atoms with Gasteiger partial charge in [0.2, 0.25) is 17.7 Å². The van der Waals surface area contributed by atoms with Crippen molar-refractivity contribution < 1.29 is 34.2 Å². The van der Waals surface area contributed by atoms with Gasteiger partial charge in [0.1, 0.15) is 6.04 Å². The summed E-state index contributed by atoms with van der Waals surface area (Å²) in [6, 6.07) is -1.90. The highest BCUT2D eigenvalue weighted by Gasteiger charge is 2.30. The Morgan fingerprint density at radius 2 is 1.48 bits per heavy atom. The second-order valence-electron chi connectivity index (χ2n) is 13.0. The van der Waals surface area contributed by atoms with Gasteiger partial charge >= 0.3 is 5.97 Å². The summed E-state index contributed by atoms with van der Waals surface area (Å²) < 4.78 is 1.70. The summed E-state index contributed by atoms with van der Waals surface area (Å²) in [6.07, 6.45) is 4.21. The summed E-state index contributed by atoms with van der Waals surface area (Å²) in [5, 5.41) is 32.8. The number of nitrogens with one attached hydrogen (secondary N) is 2. The Bertz CT molecular complexity index is 1090. The van der Waals surface area contributed by atoms with Gasteiger partial charge in [-0.1, -0.05) is 53.2 Å². The van der Waals surface area contributed by atoms with E-state index in [0.717, 1.165) is 12.8 Å². The van der Waals surface area contributed by atoms with Crippen LogP contribution >= 0.6 is 0 Å². The van der Waals surface area contributed by atoms with E-state index in [-0.39, 0.29) is 41.8 Å². The van der Waals surface area contributed by atoms with Crippen molar-refractivity contribution in [2.45, 2.75) is 125 Å². The number of nitrogens with zero attached hydrogens (tertiary/aromatic N) is 3. The Hall–Kier alpha value is -3.35. The SMILES string of the molecule is CC(C)C[C@@H](CC(=O)O)C(=O)N[C@@H](CCc1cn(CCCC[C@H](CC(C)C)C(=O)N[C@H](C(N)=O)[C@@H](C)O)nn1)C(=O)C(C)C. The molecule has 1 aromatic heterocycles. The van der Waals surface area contributed by atoms with E-state index in [1.54, 1.807) is 24.7 Å². The summed E-state index contributed by atoms with van der Waals surface area (Å²) in [4.78, 5) is 61.6. The largest absolute Gasteiger partial charge is 0.481 e. The molecule has 0 saturated heterocycles. The number of aryl methyl sites for hydroxylation is 2. The minimum Gasteiger partial charge on any atom is -0.481 e. The van der Waals surface area contributed by atoms with E-state index in [1.165, 1.54) is 6.92 Å². The van der Waals surface area contributed by atoms with Gasteiger partial charge in [0.05, 0.1) is 24.3 Å². The molecule has 13 heteroatoms. The van der Waals surface area contributed by atoms with E-state index in [4.69, 9.17) is 5.73 Å². The Balaban J connectivity index is 2.75. The first-order chi connectivity index (χ1) is 20.5. The molecule has 250 valence electrons. The van der Waals surface area contributed by atoms with Crippen molar-refractivity contribution in [3.63, 3.8) is 0 Å². The Morgan fingerprint density at radius 1 is 0.886 bits per heavy atom. The first kappa shape index (κ1) is 38.7. The zero-order valence-corrected chi connectivity index (χ0v) is 27.4. The summed E-state index contributed by atoms with van der Waals surface area (Å²) in [7, 11) is 0. The number of carboxylic acid groups (broad SMARTS) is 1. The number of Topliss-reactive ketones (excluding diaryl/α,β-unsaturated/α-hetero) is 1. The van der Waals surface area contributed by atoms with Crippen LogP contribution in [0.25, 0.3) is 0 Å². The molecule has 5 atom stereocenters. The maximum Gasteiger partial charge on any atom is 0.304 e. The van der Waals surface area contributed by atoms with E-state index >= 15 is 0 Å². The molecule has 6 N–H and O–H groups in total. The molecule has 0 aliphatic carbocycles. The number of unbranched alkanes of at least 4 members (excludes halogenated alkanes) is 1. The number of carboxylic acids is 1. The molecular weight excluding hydrogens is 568 g/mol. The van der Waals surface area contributed by atoms with Crippen molar-refractivity contribution in [3.8, 4) is 0 Å². The van der Waals surface area contributed by atoms with Gasteiger partial charge in [0, 0.05) is 30.5 Å². The number of rotatable bonds is 22. The maximum atomic E-state index is 13.0. The van der Waals surface area contributed by atoms with Crippen LogP contribution in [0, 0.1) is 29.6 Å². The number of amides is 3. The van der Waals surface area contributed by atoms with Crippen LogP contribution in [0.15, 0.2) is 6.20 Å². The molecule has 0 radical (unpaired) electrons. The summed E-state index contributed by atoms with van der Waals surface area (Å²) >= 11 is 0. The summed E-state index contributed by atoms with van der Waals surface area (Å²) in [6.45, 7) is 13.4. The fourth-order valence-corrected chi connectivity index (χ4v) is 5.19. The number of ketones is 1. The molecule has 0 aliphatic heterocycles. The fourth-order valence-electron chi connectivity index (χ4n) is 5.19. The van der Waals surface area contributed by atoms with Gasteiger partial charge in [0.25, 0.3) is 0 Å². The van der Waals surface area contributed by atoms with E-state index in [2.05, 4.69) is 20.9 Å². The van der Waals surface area contributed by atoms with Crippen molar-refractivity contribution in [2.75, 3.05) is 0 Å². The van der Waals surface area contributed by atoms with Crippen LogP contribution in [-0.4, -0.2) is 72.9 Å². The molecule has 0 spiro atoms. The molecular formula is C31H54N6O7. The van der Waals surface area contributed by atoms with Gasteiger partial charge in [-0.3, -0.25) is 28.7 Å². The van der Waals surface area contributed by atoms with Crippen LogP contribution in [0.3, 0.4) is 0 Å². The predicted molar refractivity (Wildman–Crippen MR) is 165 cm³/mol. The zero-order valence-electron chi connectivity index (χ0n) is 27.4. The van der Waals surface area contributed by atoms with Crippen molar-refractivity contribution in [1.29, 1.82) is 0 Å². The lowest BCUT2D eigenvalue weighted by Gasteiger charge is -2.23. The van der Waals surface area contributed by atoms with E-state index in [0.29, 0.717) is 44.3 Å². The topological polar surface area (TPSA) is 207 Å². The fraction of sp³-hybridized carbons (Fsp3) is 0.774. The lowest BCUT2D eigenvalue weighted by atomic mass is 9.91. The van der Waals surface area contributed by atoms with Crippen LogP contribution in [0.2, 0.25) is 0 Å². The molecule has 1 rings (SSSR count). The van der Waals surface area contributed by atoms with Crippen LogP contribution in [-0.2, 0) is 36.9 Å². The third-order valence-corrected chi connectivity index (χ3v) is 7.46. The molecule has 0 unspecified atom stereocenters. The number of aliphatic carboxylic acids is 1. The van der Waals surface area contributed by atoms with Gasteiger partial charge < -0.3 is 26.6 Å². The van der Waals surface area contributed by atoms with E-state index < -0.39 is 41.9 Å². The first-order valence-corrected chi connectivity index (χ1v) is 15.7. The number of hydrogen-bond donors (Lipinski definition) is 5. The van der Waals surface area contributed by atoms with Crippen molar-refractivity contribution >= 4 is 29.5 Å². The normalized spacial score (nSPS) is 15.1. The number of aromatic nitrogens is 3. The van der Waals surface area contributed by atoms with Crippen molar-refractivity contribution in [3.05, 3.63) is 11.9 Å². The number of nitrogens with two attached hydrogens (primary N) is 1. The van der Waals surface area contributed by atoms with E-state index in [1.807, 2.05) is 27.7 Å². The molecule has 0 aromatic carbocycles. The Kier molecular flexibility index (Phi) is 16.8. The van der Waals surface area contributed by atoms with Gasteiger partial charge in [0.15, 0.2) is 5.78 Å². The highest BCUT2D eigenvalue weighted by molar-refractivity contribution is 5.91. The third-order valence-electron chi connectivity index (χ3n) is 7.46. The Labute approximate surface area is 261 Å². The van der Waals surface area contributed by atoms with Gasteiger partial charge in [-0.2, -0.15) is 0 Å². The lowest BCUT2D eigenvalue weighted by Crippen LogP contribution is -2.52. The van der Waals surface area contributed by atoms with E-state index in [9.17, 15) is 34.2 Å². The number of carbonyl (C=O) groups excluding carboxylic acids is 4. The van der Waals surface area contributed by atoms with Crippen molar-refractivity contribution in [2.24, 2.45) is 35.3 Å². The smallest absolute Gasteiger partial charge is 0.304 e. The number of primary amides is 1. The average molecular weight is 623 g/mol. The highest BCUT2D eigenvalue weighted by atomic mass is 16.4. The molecule has 3 amide bonds. The van der Waals surface area contributed by atoms with Gasteiger partial charge in [-0.25, -0.2) is 0 Å². The molecule has 0 aliphatic rings. The summed E-state index contributed by atoms with van der Waals surface area (Å²) in [5.41, 5.74) is 5.99. The number of aliphatic hydroxyl groups is 1. The number of hydrogen-bond acceptors (Lipinski definition) is 8. The van der Waals surface area contributed by atoms with Crippen LogP contribution in [0.1, 0.15) is 99.1 Å². The Morgan fingerprint density at radius 3 is 2.00 bits per heavy atom. The third kappa shape index (κ3) is 14.4. The van der Waals surface area contributed by atoms with Crippen LogP contribution in [0.5, 0.6) is 0 Å². The monoisotopic (exact) mass is 622 g/mol. The molecule has 0 saturated carbocycles. The standard InChI is InChI=1S/C31H54N6O7/c1-18(2)14-22(30(43)34-27(21(7)38)29(32)42)10-8-9-13-37-17-24(35-36-37)11-12-25(28(41)20(5)6)33-31(44)23(15-19(3)4)16-26(39)40/h17-23,25,27,38H,8-16H2,1-7H3,(H2,32,42)(H,33,44)(H,34,43)(H,39,40)/t21-,22-,23+,25+,27+/m1/s1. The predicted octanol–water partition coefficient (Wildman–Crippen LogP) is 2.24. The van der Waals surface area contributed by atoms with Crippen molar-refractivity contribution in [1.82, 2.24) is 25.6 Å². The maximum absolute atomic E-state index is 13.0. The lowest BCUT2D eigenvalue weighted by molar-refractivity contribution is -0.142. The second-order valence-corrected chi connectivity index (χ2v) is 13.0. The summed E-state index contributed by atoms with van der Waals surface area (Å²) in [5.74, 6) is -3.66. The minimum absolute atomic E-state index is 0.125. The minimum atomic E-state index is -1.14. The first-order valence-electron chi connectivity index (χ1n) is 15.7. The quantitative estimate of drug-likeness (QED) is 0.120. The molecule has 13 nitrogen and oxygen atoms in total. The molecule has 0 bridgehead atoms. The number of aliphatic hydroxyl groups excluding tert-OH is 1. The zero-order chi connectivity index (χ0) is 33.6.